The van der Waals surface area contributed by atoms with Gasteiger partial charge < -0.3 is 10.6 Å². The van der Waals surface area contributed by atoms with Gasteiger partial charge in [-0.25, -0.2) is 0 Å². The van der Waals surface area contributed by atoms with Crippen molar-refractivity contribution in [3.8, 4) is 0 Å². The lowest BCUT2D eigenvalue weighted by Crippen LogP contribution is -2.53. The maximum Gasteiger partial charge on any atom is 0.0378 e. The number of nitrogens with zero attached hydrogens (tertiary/aromatic N) is 2. The van der Waals surface area contributed by atoms with E-state index in [9.17, 15) is 0 Å². The van der Waals surface area contributed by atoms with Crippen molar-refractivity contribution >= 4 is 21.6 Å². The zero-order valence-corrected chi connectivity index (χ0v) is 13.7. The van der Waals surface area contributed by atoms with Gasteiger partial charge in [0.1, 0.15) is 0 Å². The summed E-state index contributed by atoms with van der Waals surface area (Å²) in [6.45, 7) is 11.9. The second-order valence-electron chi connectivity index (χ2n) is 6.12. The van der Waals surface area contributed by atoms with Crippen LogP contribution in [0.4, 0.5) is 5.69 Å². The van der Waals surface area contributed by atoms with E-state index in [0.29, 0.717) is 6.54 Å². The van der Waals surface area contributed by atoms with Gasteiger partial charge in [0.15, 0.2) is 0 Å². The molecule has 0 amide bonds. The predicted molar refractivity (Wildman–Crippen MR) is 85.6 cm³/mol. The smallest absolute Gasteiger partial charge is 0.0378 e. The van der Waals surface area contributed by atoms with Crippen molar-refractivity contribution in [3.63, 3.8) is 0 Å². The summed E-state index contributed by atoms with van der Waals surface area (Å²) < 4.78 is 1.12. The van der Waals surface area contributed by atoms with Gasteiger partial charge in [0.25, 0.3) is 0 Å². The van der Waals surface area contributed by atoms with Crippen LogP contribution in [-0.2, 0) is 6.54 Å². The molecule has 0 bridgehead atoms. The Balaban J connectivity index is 2.04. The first-order valence-electron chi connectivity index (χ1n) is 6.90. The Morgan fingerprint density at radius 1 is 1.16 bits per heavy atom. The van der Waals surface area contributed by atoms with Gasteiger partial charge in [0, 0.05) is 48.4 Å². The zero-order valence-electron chi connectivity index (χ0n) is 12.1. The Labute approximate surface area is 124 Å². The van der Waals surface area contributed by atoms with Crippen molar-refractivity contribution in [2.45, 2.75) is 32.9 Å². The van der Waals surface area contributed by atoms with E-state index in [1.165, 1.54) is 5.69 Å². The van der Waals surface area contributed by atoms with Gasteiger partial charge in [-0.1, -0.05) is 22.0 Å². The molecule has 1 heterocycles. The minimum absolute atomic E-state index is 0.274. The van der Waals surface area contributed by atoms with Gasteiger partial charge in [0.05, 0.1) is 0 Å². The number of hydrogen-bond acceptors (Lipinski definition) is 3. The van der Waals surface area contributed by atoms with E-state index in [1.807, 2.05) is 0 Å². The van der Waals surface area contributed by atoms with E-state index in [2.05, 4.69) is 64.7 Å². The Kier molecular flexibility index (Phi) is 4.54. The molecular weight excluding hydrogens is 302 g/mol. The number of hydrogen-bond donors (Lipinski definition) is 1. The molecule has 2 N–H and O–H groups in total. The molecular formula is C15H24BrN3. The number of nitrogens with two attached hydrogens (primary N) is 1. The van der Waals surface area contributed by atoms with Crippen LogP contribution >= 0.6 is 15.9 Å². The van der Waals surface area contributed by atoms with E-state index in [1.54, 1.807) is 0 Å². The Hall–Kier alpha value is -0.580. The van der Waals surface area contributed by atoms with E-state index >= 15 is 0 Å². The number of anilines is 1. The maximum atomic E-state index is 5.69. The van der Waals surface area contributed by atoms with Crippen LogP contribution in [0.2, 0.25) is 0 Å². The molecule has 0 aliphatic carbocycles. The molecule has 0 unspecified atom stereocenters. The molecule has 1 fully saturated rings. The highest BCUT2D eigenvalue weighted by atomic mass is 79.9. The molecule has 3 nitrogen and oxygen atoms in total. The molecule has 0 radical (unpaired) electrons. The normalized spacial score (nSPS) is 17.8. The van der Waals surface area contributed by atoms with Crippen LogP contribution in [0.3, 0.4) is 0 Å². The topological polar surface area (TPSA) is 32.5 Å². The molecule has 1 aliphatic rings. The molecule has 0 atom stereocenters. The summed E-state index contributed by atoms with van der Waals surface area (Å²) in [6, 6.07) is 6.49. The highest BCUT2D eigenvalue weighted by molar-refractivity contribution is 9.10. The van der Waals surface area contributed by atoms with Gasteiger partial charge in [-0.15, -0.1) is 0 Å². The molecule has 4 heteroatoms. The second kappa shape index (κ2) is 5.81. The van der Waals surface area contributed by atoms with Crippen molar-refractivity contribution in [3.05, 3.63) is 28.2 Å². The second-order valence-corrected chi connectivity index (χ2v) is 6.98. The fourth-order valence-electron chi connectivity index (χ4n) is 2.53. The summed E-state index contributed by atoms with van der Waals surface area (Å²) in [5.41, 5.74) is 8.42. The van der Waals surface area contributed by atoms with E-state index in [4.69, 9.17) is 5.73 Å². The molecule has 2 rings (SSSR count). The van der Waals surface area contributed by atoms with Gasteiger partial charge >= 0.3 is 0 Å². The average molecular weight is 326 g/mol. The molecule has 19 heavy (non-hydrogen) atoms. The van der Waals surface area contributed by atoms with Gasteiger partial charge in [0.2, 0.25) is 0 Å². The standard InChI is InChI=1S/C15H24BrN3/c1-15(2,3)19-8-6-18(7-9-19)13-5-4-12(11-17)14(16)10-13/h4-5,10H,6-9,11,17H2,1-3H3. The molecule has 1 aromatic carbocycles. The summed E-state index contributed by atoms with van der Waals surface area (Å²) in [5, 5.41) is 0. The number of benzene rings is 1. The van der Waals surface area contributed by atoms with Gasteiger partial charge in [-0.05, 0) is 38.5 Å². The Morgan fingerprint density at radius 2 is 1.79 bits per heavy atom. The highest BCUT2D eigenvalue weighted by Crippen LogP contribution is 2.26. The van der Waals surface area contributed by atoms with Crippen molar-refractivity contribution in [2.24, 2.45) is 5.73 Å². The first kappa shape index (κ1) is 14.8. The Morgan fingerprint density at radius 3 is 2.26 bits per heavy atom. The monoisotopic (exact) mass is 325 g/mol. The predicted octanol–water partition coefficient (Wildman–Crippen LogP) is 2.83. The van der Waals surface area contributed by atoms with Crippen LogP contribution in [0.25, 0.3) is 0 Å². The van der Waals surface area contributed by atoms with Gasteiger partial charge in [-0.2, -0.15) is 0 Å². The molecule has 0 spiro atoms. The summed E-state index contributed by atoms with van der Waals surface area (Å²) in [4.78, 5) is 5.00. The fraction of sp³-hybridized carbons (Fsp3) is 0.600. The lowest BCUT2D eigenvalue weighted by molar-refractivity contribution is 0.128. The minimum atomic E-state index is 0.274. The van der Waals surface area contributed by atoms with Crippen LogP contribution < -0.4 is 10.6 Å². The third-order valence-corrected chi connectivity index (χ3v) is 4.59. The average Bonchev–Trinajstić information content (AvgIpc) is 2.38. The third-order valence-electron chi connectivity index (χ3n) is 3.85. The van der Waals surface area contributed by atoms with E-state index in [0.717, 1.165) is 36.2 Å². The van der Waals surface area contributed by atoms with E-state index in [-0.39, 0.29) is 5.54 Å². The molecule has 0 aromatic heterocycles. The van der Waals surface area contributed by atoms with Crippen LogP contribution in [0.15, 0.2) is 22.7 Å². The van der Waals surface area contributed by atoms with Gasteiger partial charge in [-0.3, -0.25) is 4.90 Å². The first-order chi connectivity index (χ1) is 8.91. The number of rotatable bonds is 2. The van der Waals surface area contributed by atoms with Crippen molar-refractivity contribution < 1.29 is 0 Å². The fourth-order valence-corrected chi connectivity index (χ4v) is 3.06. The summed E-state index contributed by atoms with van der Waals surface area (Å²) in [6.07, 6.45) is 0. The van der Waals surface area contributed by atoms with Crippen LogP contribution in [0.1, 0.15) is 26.3 Å². The summed E-state index contributed by atoms with van der Waals surface area (Å²) >= 11 is 3.60. The maximum absolute atomic E-state index is 5.69. The lowest BCUT2D eigenvalue weighted by Gasteiger charge is -2.43. The number of halogens is 1. The molecule has 1 saturated heterocycles. The number of piperazine rings is 1. The zero-order chi connectivity index (χ0) is 14.0. The lowest BCUT2D eigenvalue weighted by atomic mass is 10.0. The Bertz CT molecular complexity index is 432. The first-order valence-corrected chi connectivity index (χ1v) is 7.69. The van der Waals surface area contributed by atoms with Crippen LogP contribution in [-0.4, -0.2) is 36.6 Å². The molecule has 1 aromatic rings. The van der Waals surface area contributed by atoms with Crippen LogP contribution in [0.5, 0.6) is 0 Å². The SMILES string of the molecule is CC(C)(C)N1CCN(c2ccc(CN)c(Br)c2)CC1. The third kappa shape index (κ3) is 3.50. The summed E-state index contributed by atoms with van der Waals surface area (Å²) in [7, 11) is 0. The molecule has 0 saturated carbocycles. The highest BCUT2D eigenvalue weighted by Gasteiger charge is 2.25. The quantitative estimate of drug-likeness (QED) is 0.907. The minimum Gasteiger partial charge on any atom is -0.369 e. The molecule has 106 valence electrons. The van der Waals surface area contributed by atoms with Crippen molar-refractivity contribution in [1.82, 2.24) is 4.90 Å². The van der Waals surface area contributed by atoms with Crippen molar-refractivity contribution in [1.29, 1.82) is 0 Å². The van der Waals surface area contributed by atoms with E-state index < -0.39 is 0 Å². The largest absolute Gasteiger partial charge is 0.369 e. The van der Waals surface area contributed by atoms with Crippen LogP contribution in [0, 0.1) is 0 Å². The molecule has 1 aliphatic heterocycles. The summed E-state index contributed by atoms with van der Waals surface area (Å²) in [5.74, 6) is 0. The van der Waals surface area contributed by atoms with Crippen molar-refractivity contribution in [2.75, 3.05) is 31.1 Å².